The van der Waals surface area contributed by atoms with Gasteiger partial charge >= 0.3 is 5.97 Å². The van der Waals surface area contributed by atoms with Crippen LogP contribution < -0.4 is 0 Å². The molecule has 0 aliphatic carbocycles. The fraction of sp³-hybridized carbons (Fsp3) is 0.400. The van der Waals surface area contributed by atoms with Crippen LogP contribution in [-0.4, -0.2) is 20.2 Å². The van der Waals surface area contributed by atoms with Crippen molar-refractivity contribution in [3.8, 4) is 0 Å². The Hall–Kier alpha value is -0.510. The first-order valence-corrected chi connectivity index (χ1v) is 3.10. The molecule has 0 atom stereocenters. The van der Waals surface area contributed by atoms with Crippen molar-refractivity contribution in [3.63, 3.8) is 0 Å². The SMILES string of the molecule is COC(=O)/C(=C/Br)OC. The maximum atomic E-state index is 10.5. The molecular weight excluding hydrogens is 188 g/mol. The van der Waals surface area contributed by atoms with Gasteiger partial charge in [0, 0.05) is 4.99 Å². The predicted octanol–water partition coefficient (Wildman–Crippen LogP) is 1.04. The van der Waals surface area contributed by atoms with Crippen LogP contribution in [0.3, 0.4) is 0 Å². The van der Waals surface area contributed by atoms with Crippen LogP contribution in [0.4, 0.5) is 0 Å². The highest BCUT2D eigenvalue weighted by Crippen LogP contribution is 2.00. The molecule has 0 spiro atoms. The highest BCUT2D eigenvalue weighted by atomic mass is 79.9. The number of hydrogen-bond acceptors (Lipinski definition) is 3. The van der Waals surface area contributed by atoms with Crippen molar-refractivity contribution in [2.24, 2.45) is 0 Å². The summed E-state index contributed by atoms with van der Waals surface area (Å²) in [5.41, 5.74) is 0. The van der Waals surface area contributed by atoms with Crippen molar-refractivity contribution in [1.82, 2.24) is 0 Å². The third-order valence-corrected chi connectivity index (χ3v) is 1.12. The molecule has 0 saturated carbocycles. The van der Waals surface area contributed by atoms with Crippen molar-refractivity contribution in [1.29, 1.82) is 0 Å². The lowest BCUT2D eigenvalue weighted by atomic mass is 10.6. The lowest BCUT2D eigenvalue weighted by Crippen LogP contribution is -2.05. The van der Waals surface area contributed by atoms with E-state index in [0.29, 0.717) is 0 Å². The van der Waals surface area contributed by atoms with Gasteiger partial charge in [0.05, 0.1) is 14.2 Å². The van der Waals surface area contributed by atoms with Crippen molar-refractivity contribution < 1.29 is 14.3 Å². The standard InChI is InChI=1S/C5H7BrO3/c1-8-4(3-6)5(7)9-2/h3H,1-2H3/b4-3-. The molecular formula is C5H7BrO3. The molecule has 0 amide bonds. The Kier molecular flexibility index (Phi) is 4.13. The molecule has 9 heavy (non-hydrogen) atoms. The summed E-state index contributed by atoms with van der Waals surface area (Å²) in [7, 11) is 2.68. The van der Waals surface area contributed by atoms with Crippen molar-refractivity contribution in [2.75, 3.05) is 14.2 Å². The summed E-state index contributed by atoms with van der Waals surface area (Å²) in [6.07, 6.45) is 0. The first-order chi connectivity index (χ1) is 4.26. The van der Waals surface area contributed by atoms with Gasteiger partial charge in [-0.05, 0) is 0 Å². The monoisotopic (exact) mass is 194 g/mol. The van der Waals surface area contributed by atoms with Crippen molar-refractivity contribution >= 4 is 21.9 Å². The van der Waals surface area contributed by atoms with Gasteiger partial charge in [-0.15, -0.1) is 0 Å². The van der Waals surface area contributed by atoms with Crippen LogP contribution in [0.25, 0.3) is 0 Å². The maximum absolute atomic E-state index is 10.5. The summed E-state index contributed by atoms with van der Waals surface area (Å²) in [4.78, 5) is 11.9. The molecule has 0 fully saturated rings. The second-order valence-corrected chi connectivity index (χ2v) is 1.63. The third kappa shape index (κ3) is 2.51. The van der Waals surface area contributed by atoms with Crippen LogP contribution in [0.2, 0.25) is 0 Å². The molecule has 4 heteroatoms. The van der Waals surface area contributed by atoms with E-state index >= 15 is 0 Å². The van der Waals surface area contributed by atoms with Gasteiger partial charge in [-0.2, -0.15) is 0 Å². The molecule has 0 N–H and O–H groups in total. The Balaban J connectivity index is 3.97. The van der Waals surface area contributed by atoms with Gasteiger partial charge < -0.3 is 9.47 Å². The smallest absolute Gasteiger partial charge is 0.373 e. The first kappa shape index (κ1) is 8.49. The molecule has 0 aliphatic rings. The fourth-order valence-electron chi connectivity index (χ4n) is 0.273. The summed E-state index contributed by atoms with van der Waals surface area (Å²) in [5, 5.41) is 0. The predicted molar refractivity (Wildman–Crippen MR) is 36.0 cm³/mol. The summed E-state index contributed by atoms with van der Waals surface area (Å²) in [6, 6.07) is 0. The van der Waals surface area contributed by atoms with Crippen LogP contribution in [0.5, 0.6) is 0 Å². The molecule has 0 rings (SSSR count). The Labute approximate surface area is 61.8 Å². The highest BCUT2D eigenvalue weighted by Gasteiger charge is 2.06. The van der Waals surface area contributed by atoms with Gasteiger partial charge in [0.1, 0.15) is 0 Å². The number of methoxy groups -OCH3 is 2. The number of esters is 1. The number of hydrogen-bond donors (Lipinski definition) is 0. The minimum Gasteiger partial charge on any atom is -0.490 e. The lowest BCUT2D eigenvalue weighted by Gasteiger charge is -1.99. The van der Waals surface area contributed by atoms with Crippen LogP contribution >= 0.6 is 15.9 Å². The Bertz CT molecular complexity index is 130. The number of carbonyl (C=O) groups excluding carboxylic acids is 1. The maximum Gasteiger partial charge on any atom is 0.373 e. The van der Waals surface area contributed by atoms with Crippen LogP contribution in [0, 0.1) is 0 Å². The zero-order valence-corrected chi connectivity index (χ0v) is 6.77. The van der Waals surface area contributed by atoms with Crippen molar-refractivity contribution in [2.45, 2.75) is 0 Å². The molecule has 0 heterocycles. The minimum atomic E-state index is -0.491. The third-order valence-electron chi connectivity index (χ3n) is 0.706. The van der Waals surface area contributed by atoms with Gasteiger partial charge in [0.15, 0.2) is 0 Å². The quantitative estimate of drug-likeness (QED) is 0.375. The molecule has 0 unspecified atom stereocenters. The second kappa shape index (κ2) is 4.38. The van der Waals surface area contributed by atoms with E-state index in [4.69, 9.17) is 0 Å². The van der Waals surface area contributed by atoms with Crippen molar-refractivity contribution in [3.05, 3.63) is 10.7 Å². The Morgan fingerprint density at radius 3 is 2.11 bits per heavy atom. The van der Waals surface area contributed by atoms with Gasteiger partial charge in [0.25, 0.3) is 0 Å². The van der Waals surface area contributed by atoms with Gasteiger partial charge in [-0.25, -0.2) is 4.79 Å². The van der Waals surface area contributed by atoms with Crippen LogP contribution in [0.15, 0.2) is 10.7 Å². The van der Waals surface area contributed by atoms with E-state index in [1.807, 2.05) is 0 Å². The molecule has 0 aromatic rings. The molecule has 3 nitrogen and oxygen atoms in total. The zero-order chi connectivity index (χ0) is 7.28. The van der Waals surface area contributed by atoms with Gasteiger partial charge in [-0.1, -0.05) is 15.9 Å². The minimum absolute atomic E-state index is 0.150. The van der Waals surface area contributed by atoms with Crippen LogP contribution in [0.1, 0.15) is 0 Å². The topological polar surface area (TPSA) is 35.5 Å². The number of carbonyl (C=O) groups is 1. The zero-order valence-electron chi connectivity index (χ0n) is 5.18. The van der Waals surface area contributed by atoms with E-state index in [2.05, 4.69) is 25.4 Å². The van der Waals surface area contributed by atoms with E-state index in [1.165, 1.54) is 19.2 Å². The Morgan fingerprint density at radius 1 is 1.44 bits per heavy atom. The largest absolute Gasteiger partial charge is 0.490 e. The van der Waals surface area contributed by atoms with E-state index in [0.717, 1.165) is 0 Å². The number of ether oxygens (including phenoxy) is 2. The van der Waals surface area contributed by atoms with Gasteiger partial charge in [0.2, 0.25) is 5.76 Å². The van der Waals surface area contributed by atoms with E-state index < -0.39 is 5.97 Å². The summed E-state index contributed by atoms with van der Waals surface area (Å²) in [5.74, 6) is -0.341. The number of rotatable bonds is 2. The van der Waals surface area contributed by atoms with Gasteiger partial charge in [-0.3, -0.25) is 0 Å². The lowest BCUT2D eigenvalue weighted by molar-refractivity contribution is -0.139. The molecule has 0 aromatic carbocycles. The number of halogens is 1. The average molecular weight is 195 g/mol. The second-order valence-electron chi connectivity index (χ2n) is 1.17. The highest BCUT2D eigenvalue weighted by molar-refractivity contribution is 9.11. The normalized spacial score (nSPS) is 10.8. The Morgan fingerprint density at radius 2 is 2.00 bits per heavy atom. The van der Waals surface area contributed by atoms with E-state index in [1.54, 1.807) is 0 Å². The molecule has 52 valence electrons. The van der Waals surface area contributed by atoms with E-state index in [9.17, 15) is 4.79 Å². The van der Waals surface area contributed by atoms with E-state index in [-0.39, 0.29) is 5.76 Å². The molecule has 0 radical (unpaired) electrons. The average Bonchev–Trinajstić information content (AvgIpc) is 1.90. The fourth-order valence-corrected chi connectivity index (χ4v) is 0.647. The van der Waals surface area contributed by atoms with Crippen LogP contribution in [-0.2, 0) is 14.3 Å². The molecule has 0 aromatic heterocycles. The summed E-state index contributed by atoms with van der Waals surface area (Å²) in [6.45, 7) is 0. The first-order valence-electron chi connectivity index (χ1n) is 2.19. The molecule has 0 aliphatic heterocycles. The molecule has 0 bridgehead atoms. The molecule has 0 saturated heterocycles. The summed E-state index contributed by atoms with van der Waals surface area (Å²) < 4.78 is 8.92. The summed E-state index contributed by atoms with van der Waals surface area (Å²) >= 11 is 2.93.